The molecule has 1 unspecified atom stereocenters. The first-order valence-corrected chi connectivity index (χ1v) is 4.86. The van der Waals surface area contributed by atoms with E-state index in [1.807, 2.05) is 6.07 Å². The van der Waals surface area contributed by atoms with Gasteiger partial charge in [0.25, 0.3) is 5.69 Å². The standard InChI is InChI=1S/C11H12N2O3/c1-9(6-7-12)16-8-10-4-2-3-5-11(10)13(14)15/h2-5,9H,6,8H2,1H3. The number of nitro benzene ring substituents is 1. The highest BCUT2D eigenvalue weighted by Gasteiger charge is 2.13. The maximum atomic E-state index is 10.7. The number of nitro groups is 1. The van der Waals surface area contributed by atoms with Gasteiger partial charge in [-0.1, -0.05) is 12.1 Å². The van der Waals surface area contributed by atoms with Crippen molar-refractivity contribution in [1.29, 1.82) is 5.26 Å². The number of hydrogen-bond acceptors (Lipinski definition) is 4. The summed E-state index contributed by atoms with van der Waals surface area (Å²) in [5.74, 6) is 0. The summed E-state index contributed by atoms with van der Waals surface area (Å²) in [5.41, 5.74) is 0.573. The number of benzene rings is 1. The van der Waals surface area contributed by atoms with Gasteiger partial charge in [0.15, 0.2) is 0 Å². The summed E-state index contributed by atoms with van der Waals surface area (Å²) in [6.07, 6.45) is 0.0606. The van der Waals surface area contributed by atoms with Crippen LogP contribution in [0.15, 0.2) is 24.3 Å². The van der Waals surface area contributed by atoms with Gasteiger partial charge in [0, 0.05) is 6.07 Å². The molecule has 5 heteroatoms. The SMILES string of the molecule is CC(CC#N)OCc1ccccc1[N+](=O)[O-]. The summed E-state index contributed by atoms with van der Waals surface area (Å²) < 4.78 is 5.33. The van der Waals surface area contributed by atoms with Crippen LogP contribution in [0.1, 0.15) is 18.9 Å². The van der Waals surface area contributed by atoms with Gasteiger partial charge in [0.2, 0.25) is 0 Å². The average molecular weight is 220 g/mol. The molecule has 16 heavy (non-hydrogen) atoms. The quantitative estimate of drug-likeness (QED) is 0.564. The molecule has 0 saturated heterocycles. The Morgan fingerprint density at radius 1 is 1.56 bits per heavy atom. The van der Waals surface area contributed by atoms with E-state index >= 15 is 0 Å². The fourth-order valence-corrected chi connectivity index (χ4v) is 1.23. The molecule has 5 nitrogen and oxygen atoms in total. The highest BCUT2D eigenvalue weighted by atomic mass is 16.6. The topological polar surface area (TPSA) is 76.2 Å². The molecule has 1 aromatic rings. The molecular weight excluding hydrogens is 208 g/mol. The van der Waals surface area contributed by atoms with Crippen LogP contribution in [-0.2, 0) is 11.3 Å². The van der Waals surface area contributed by atoms with Crippen LogP contribution in [0.5, 0.6) is 0 Å². The van der Waals surface area contributed by atoms with Gasteiger partial charge < -0.3 is 4.74 Å². The van der Waals surface area contributed by atoms with Crippen molar-refractivity contribution in [3.05, 3.63) is 39.9 Å². The molecule has 0 aromatic heterocycles. The molecular formula is C11H12N2O3. The van der Waals surface area contributed by atoms with Gasteiger partial charge in [-0.05, 0) is 13.0 Å². The molecule has 0 bridgehead atoms. The normalized spacial score (nSPS) is 11.8. The minimum atomic E-state index is -0.437. The first-order chi connectivity index (χ1) is 7.65. The van der Waals surface area contributed by atoms with Crippen molar-refractivity contribution in [3.8, 4) is 6.07 Å². The van der Waals surface area contributed by atoms with Crippen LogP contribution < -0.4 is 0 Å². The van der Waals surface area contributed by atoms with E-state index in [0.29, 0.717) is 5.56 Å². The Hall–Kier alpha value is -1.93. The maximum Gasteiger partial charge on any atom is 0.274 e. The summed E-state index contributed by atoms with van der Waals surface area (Å²) >= 11 is 0. The van der Waals surface area contributed by atoms with Crippen molar-refractivity contribution >= 4 is 5.69 Å². The van der Waals surface area contributed by atoms with Crippen LogP contribution >= 0.6 is 0 Å². The van der Waals surface area contributed by atoms with Crippen molar-refractivity contribution in [2.45, 2.75) is 26.1 Å². The fraction of sp³-hybridized carbons (Fsp3) is 0.364. The Labute approximate surface area is 93.4 Å². The first-order valence-electron chi connectivity index (χ1n) is 4.86. The van der Waals surface area contributed by atoms with Crippen molar-refractivity contribution in [2.75, 3.05) is 0 Å². The van der Waals surface area contributed by atoms with Crippen molar-refractivity contribution < 1.29 is 9.66 Å². The van der Waals surface area contributed by atoms with Gasteiger partial charge >= 0.3 is 0 Å². The van der Waals surface area contributed by atoms with Crippen molar-refractivity contribution in [3.63, 3.8) is 0 Å². The van der Waals surface area contributed by atoms with Gasteiger partial charge in [-0.15, -0.1) is 0 Å². The number of hydrogen-bond donors (Lipinski definition) is 0. The molecule has 84 valence electrons. The van der Waals surface area contributed by atoms with Gasteiger partial charge in [-0.25, -0.2) is 0 Å². The molecule has 0 spiro atoms. The number of nitriles is 1. The summed E-state index contributed by atoms with van der Waals surface area (Å²) in [4.78, 5) is 10.3. The molecule has 0 saturated carbocycles. The third-order valence-electron chi connectivity index (χ3n) is 2.09. The van der Waals surface area contributed by atoms with E-state index in [2.05, 4.69) is 0 Å². The number of rotatable bonds is 5. The van der Waals surface area contributed by atoms with Crippen molar-refractivity contribution in [2.24, 2.45) is 0 Å². The molecule has 0 N–H and O–H groups in total. The lowest BCUT2D eigenvalue weighted by atomic mass is 10.2. The molecule has 0 radical (unpaired) electrons. The molecule has 0 fully saturated rings. The van der Waals surface area contributed by atoms with E-state index in [9.17, 15) is 10.1 Å². The van der Waals surface area contributed by atoms with E-state index in [4.69, 9.17) is 10.00 Å². The van der Waals surface area contributed by atoms with E-state index < -0.39 is 4.92 Å². The van der Waals surface area contributed by atoms with E-state index in [0.717, 1.165) is 0 Å². The summed E-state index contributed by atoms with van der Waals surface area (Å²) in [5, 5.41) is 19.1. The Bertz CT molecular complexity index is 412. The first kappa shape index (κ1) is 12.1. The number of para-hydroxylation sites is 1. The second-order valence-corrected chi connectivity index (χ2v) is 3.37. The average Bonchev–Trinajstić information content (AvgIpc) is 2.27. The lowest BCUT2D eigenvalue weighted by molar-refractivity contribution is -0.386. The lowest BCUT2D eigenvalue weighted by Crippen LogP contribution is -2.08. The van der Waals surface area contributed by atoms with Crippen LogP contribution in [0, 0.1) is 21.4 Å². The molecule has 1 atom stereocenters. The van der Waals surface area contributed by atoms with Gasteiger partial charge in [-0.3, -0.25) is 10.1 Å². The summed E-state index contributed by atoms with van der Waals surface area (Å²) in [6.45, 7) is 1.91. The Balaban J connectivity index is 2.67. The lowest BCUT2D eigenvalue weighted by Gasteiger charge is -2.09. The second kappa shape index (κ2) is 5.83. The van der Waals surface area contributed by atoms with Crippen LogP contribution in [0.4, 0.5) is 5.69 Å². The molecule has 0 aliphatic carbocycles. The molecule has 1 rings (SSSR count). The molecule has 0 aliphatic heterocycles. The van der Waals surface area contributed by atoms with Gasteiger partial charge in [-0.2, -0.15) is 5.26 Å². The third kappa shape index (κ3) is 3.33. The number of nitrogens with zero attached hydrogens (tertiary/aromatic N) is 2. The molecule has 0 heterocycles. The highest BCUT2D eigenvalue weighted by molar-refractivity contribution is 5.39. The van der Waals surface area contributed by atoms with Crippen LogP contribution in [-0.4, -0.2) is 11.0 Å². The Kier molecular flexibility index (Phi) is 4.42. The molecule has 0 amide bonds. The summed E-state index contributed by atoms with van der Waals surface area (Å²) in [7, 11) is 0. The van der Waals surface area contributed by atoms with Crippen LogP contribution in [0.2, 0.25) is 0 Å². The number of ether oxygens (including phenoxy) is 1. The Morgan fingerprint density at radius 3 is 2.88 bits per heavy atom. The zero-order valence-corrected chi connectivity index (χ0v) is 8.92. The fourth-order valence-electron chi connectivity index (χ4n) is 1.23. The Morgan fingerprint density at radius 2 is 2.25 bits per heavy atom. The predicted molar refractivity (Wildman–Crippen MR) is 57.6 cm³/mol. The van der Waals surface area contributed by atoms with E-state index in [1.54, 1.807) is 25.1 Å². The summed E-state index contributed by atoms with van der Waals surface area (Å²) in [6, 6.07) is 8.40. The molecule has 1 aromatic carbocycles. The zero-order chi connectivity index (χ0) is 12.0. The highest BCUT2D eigenvalue weighted by Crippen LogP contribution is 2.19. The van der Waals surface area contributed by atoms with Gasteiger partial charge in [0.1, 0.15) is 0 Å². The van der Waals surface area contributed by atoms with E-state index in [-0.39, 0.29) is 24.8 Å². The van der Waals surface area contributed by atoms with Crippen LogP contribution in [0.3, 0.4) is 0 Å². The zero-order valence-electron chi connectivity index (χ0n) is 8.92. The second-order valence-electron chi connectivity index (χ2n) is 3.37. The smallest absolute Gasteiger partial charge is 0.274 e. The minimum Gasteiger partial charge on any atom is -0.372 e. The molecule has 0 aliphatic rings. The minimum absolute atomic E-state index is 0.0478. The van der Waals surface area contributed by atoms with E-state index in [1.165, 1.54) is 6.07 Å². The monoisotopic (exact) mass is 220 g/mol. The van der Waals surface area contributed by atoms with Crippen LogP contribution in [0.25, 0.3) is 0 Å². The maximum absolute atomic E-state index is 10.7. The van der Waals surface area contributed by atoms with Gasteiger partial charge in [0.05, 0.1) is 35.7 Å². The van der Waals surface area contributed by atoms with Crippen molar-refractivity contribution in [1.82, 2.24) is 0 Å². The third-order valence-corrected chi connectivity index (χ3v) is 2.09. The predicted octanol–water partition coefficient (Wildman–Crippen LogP) is 2.41. The largest absolute Gasteiger partial charge is 0.372 e.